The summed E-state index contributed by atoms with van der Waals surface area (Å²) in [7, 11) is 0. The van der Waals surface area contributed by atoms with E-state index in [9.17, 15) is 0 Å². The average molecular weight is 511 g/mol. The Bertz CT molecular complexity index is 695. The predicted octanol–water partition coefficient (Wildman–Crippen LogP) is 12.1. The maximum absolute atomic E-state index is 4.33. The summed E-state index contributed by atoms with van der Waals surface area (Å²) in [5.41, 5.74) is 2.95. The Morgan fingerprint density at radius 3 is 2.11 bits per heavy atom. The molecule has 0 nitrogen and oxygen atoms in total. The van der Waals surface area contributed by atoms with Crippen molar-refractivity contribution >= 4 is 0 Å². The molecule has 214 valence electrons. The van der Waals surface area contributed by atoms with E-state index in [-0.39, 0.29) is 0 Å². The first-order valence-corrected chi connectivity index (χ1v) is 16.0. The summed E-state index contributed by atoms with van der Waals surface area (Å²) < 4.78 is 0. The average Bonchev–Trinajstić information content (AvgIpc) is 3.26. The highest BCUT2D eigenvalue weighted by Gasteiger charge is 2.59. The third kappa shape index (κ3) is 7.13. The Hall–Kier alpha value is -1.04. The minimum absolute atomic E-state index is 0.517. The Labute approximate surface area is 234 Å². The lowest BCUT2D eigenvalue weighted by Gasteiger charge is -2.59. The fraction of sp³-hybridized carbons (Fsp3) is 0.784. The van der Waals surface area contributed by atoms with E-state index in [4.69, 9.17) is 0 Å². The van der Waals surface area contributed by atoms with Crippen molar-refractivity contribution in [3.8, 4) is 0 Å². The van der Waals surface area contributed by atoms with Crippen molar-refractivity contribution in [3.05, 3.63) is 50.6 Å². The lowest BCUT2D eigenvalue weighted by Crippen LogP contribution is -2.50. The molecule has 37 heavy (non-hydrogen) atoms. The van der Waals surface area contributed by atoms with Crippen molar-refractivity contribution in [2.24, 2.45) is 58.2 Å². The number of hydrogen-bond acceptors (Lipinski definition) is 0. The molecule has 8 atom stereocenters. The van der Waals surface area contributed by atoms with Crippen LogP contribution in [0.3, 0.4) is 0 Å². The first kappa shape index (κ1) is 34.0. The molecule has 0 N–H and O–H groups in total. The van der Waals surface area contributed by atoms with E-state index in [0.717, 1.165) is 47.3 Å². The van der Waals surface area contributed by atoms with E-state index in [1.165, 1.54) is 70.6 Å². The largest absolute Gasteiger partial charge is 0.106 e. The van der Waals surface area contributed by atoms with Gasteiger partial charge in [0.25, 0.3) is 0 Å². The molecule has 0 aliphatic heterocycles. The molecule has 0 spiro atoms. The summed E-state index contributed by atoms with van der Waals surface area (Å²) in [6.07, 6.45) is 20.9. The van der Waals surface area contributed by atoms with Gasteiger partial charge >= 0.3 is 0 Å². The SMILES string of the molecule is C=C.C=C.C=C[C@H](CCCC(C)C)[C@H]1CC[C@H]2C3CC=C4C[C@@H](C(C)C)CC[C@]4(C)[C@H]3CC[C@]12C.CC. The number of hydrogen-bond donors (Lipinski definition) is 0. The van der Waals surface area contributed by atoms with Gasteiger partial charge in [0.05, 0.1) is 0 Å². The highest BCUT2D eigenvalue weighted by Crippen LogP contribution is 2.67. The van der Waals surface area contributed by atoms with Crippen LogP contribution >= 0.6 is 0 Å². The van der Waals surface area contributed by atoms with E-state index < -0.39 is 0 Å². The molecule has 0 aromatic heterocycles. The molecule has 0 saturated heterocycles. The van der Waals surface area contributed by atoms with E-state index in [2.05, 4.69) is 86.6 Å². The maximum Gasteiger partial charge on any atom is -0.00851 e. The van der Waals surface area contributed by atoms with Crippen molar-refractivity contribution in [2.45, 2.75) is 126 Å². The van der Waals surface area contributed by atoms with Gasteiger partial charge in [0, 0.05) is 0 Å². The molecular formula is C37H66. The minimum atomic E-state index is 0.517. The molecule has 1 unspecified atom stereocenters. The predicted molar refractivity (Wildman–Crippen MR) is 170 cm³/mol. The summed E-state index contributed by atoms with van der Waals surface area (Å²) in [4.78, 5) is 0. The van der Waals surface area contributed by atoms with Gasteiger partial charge in [-0.3, -0.25) is 0 Å². The Kier molecular flexibility index (Phi) is 14.3. The van der Waals surface area contributed by atoms with Crippen LogP contribution in [0.2, 0.25) is 0 Å². The van der Waals surface area contributed by atoms with Crippen LogP contribution in [0.5, 0.6) is 0 Å². The van der Waals surface area contributed by atoms with E-state index >= 15 is 0 Å². The van der Waals surface area contributed by atoms with Gasteiger partial charge in [0.15, 0.2) is 0 Å². The van der Waals surface area contributed by atoms with E-state index in [1.54, 1.807) is 0 Å². The Morgan fingerprint density at radius 1 is 0.892 bits per heavy atom. The standard InChI is InChI=1S/C31H52.C2H6.2C2H4/c1-8-23(11-9-10-21(2)3)27-14-15-28-26-13-12-25-20-24(22(4)5)16-18-30(25,6)29(26)17-19-31(27,28)7;3*1-2/h8,12,21-24,26-29H,1,9-11,13-20H2,2-7H3;1-2H3;2*1-2H2/t23-,24+,26?,27-,28+,29+,30+,31-;;;/m1.../s1. The van der Waals surface area contributed by atoms with Gasteiger partial charge in [-0.1, -0.05) is 86.0 Å². The first-order valence-electron chi connectivity index (χ1n) is 16.0. The van der Waals surface area contributed by atoms with Crippen LogP contribution in [0.1, 0.15) is 126 Å². The summed E-state index contributed by atoms with van der Waals surface area (Å²) in [6, 6.07) is 0. The summed E-state index contributed by atoms with van der Waals surface area (Å²) in [6.45, 7) is 35.4. The van der Waals surface area contributed by atoms with Gasteiger partial charge in [-0.25, -0.2) is 0 Å². The number of allylic oxidation sites excluding steroid dienone is 3. The van der Waals surface area contributed by atoms with Gasteiger partial charge in [-0.15, -0.1) is 32.9 Å². The second-order valence-electron chi connectivity index (χ2n) is 13.5. The number of fused-ring (bicyclic) bond motifs is 5. The lowest BCUT2D eigenvalue weighted by molar-refractivity contribution is -0.0519. The van der Waals surface area contributed by atoms with Crippen molar-refractivity contribution < 1.29 is 0 Å². The van der Waals surface area contributed by atoms with Crippen LogP contribution in [0.15, 0.2) is 50.6 Å². The quantitative estimate of drug-likeness (QED) is 0.299. The van der Waals surface area contributed by atoms with Crippen LogP contribution in [0.25, 0.3) is 0 Å². The van der Waals surface area contributed by atoms with Crippen LogP contribution < -0.4 is 0 Å². The molecule has 0 heteroatoms. The summed E-state index contributed by atoms with van der Waals surface area (Å²) in [5, 5.41) is 0. The smallest absolute Gasteiger partial charge is 0.00851 e. The van der Waals surface area contributed by atoms with Crippen LogP contribution in [0.4, 0.5) is 0 Å². The topological polar surface area (TPSA) is 0 Å². The summed E-state index contributed by atoms with van der Waals surface area (Å²) in [5.74, 6) is 7.12. The van der Waals surface area contributed by atoms with Gasteiger partial charge in [-0.2, -0.15) is 0 Å². The zero-order valence-electron chi connectivity index (χ0n) is 26.6. The van der Waals surface area contributed by atoms with Crippen LogP contribution in [-0.4, -0.2) is 0 Å². The lowest BCUT2D eigenvalue weighted by atomic mass is 9.46. The Balaban J connectivity index is 0.00000106. The zero-order chi connectivity index (χ0) is 28.4. The Morgan fingerprint density at radius 2 is 1.54 bits per heavy atom. The number of rotatable bonds is 7. The monoisotopic (exact) mass is 511 g/mol. The highest BCUT2D eigenvalue weighted by molar-refractivity contribution is 5.25. The van der Waals surface area contributed by atoms with Crippen LogP contribution in [-0.2, 0) is 0 Å². The van der Waals surface area contributed by atoms with Gasteiger partial charge < -0.3 is 0 Å². The van der Waals surface area contributed by atoms with Gasteiger partial charge in [0.2, 0.25) is 0 Å². The zero-order valence-corrected chi connectivity index (χ0v) is 26.6. The van der Waals surface area contributed by atoms with Gasteiger partial charge in [0.1, 0.15) is 0 Å². The molecule has 3 fully saturated rings. The van der Waals surface area contributed by atoms with Crippen molar-refractivity contribution in [1.82, 2.24) is 0 Å². The molecule has 0 amide bonds. The minimum Gasteiger partial charge on any atom is -0.106 e. The molecule has 0 aromatic rings. The molecule has 4 aliphatic rings. The molecule has 4 rings (SSSR count). The molecule has 4 aliphatic carbocycles. The fourth-order valence-electron chi connectivity index (χ4n) is 9.25. The highest BCUT2D eigenvalue weighted by atomic mass is 14.6. The third-order valence-electron chi connectivity index (χ3n) is 11.3. The third-order valence-corrected chi connectivity index (χ3v) is 11.3. The molecule has 0 bridgehead atoms. The molecule has 0 radical (unpaired) electrons. The molecule has 0 heterocycles. The normalized spacial score (nSPS) is 36.6. The maximum atomic E-state index is 4.33. The first-order chi connectivity index (χ1) is 17.7. The molecular weight excluding hydrogens is 444 g/mol. The second kappa shape index (κ2) is 15.5. The van der Waals surface area contributed by atoms with Gasteiger partial charge in [-0.05, 0) is 116 Å². The van der Waals surface area contributed by atoms with Crippen molar-refractivity contribution in [3.63, 3.8) is 0 Å². The van der Waals surface area contributed by atoms with Crippen molar-refractivity contribution in [2.75, 3.05) is 0 Å². The summed E-state index contributed by atoms with van der Waals surface area (Å²) >= 11 is 0. The van der Waals surface area contributed by atoms with Crippen LogP contribution in [0, 0.1) is 58.2 Å². The van der Waals surface area contributed by atoms with Crippen molar-refractivity contribution in [1.29, 1.82) is 0 Å². The second-order valence-corrected chi connectivity index (χ2v) is 13.5. The van der Waals surface area contributed by atoms with E-state index in [0.29, 0.717) is 10.8 Å². The molecule has 3 saturated carbocycles. The molecule has 0 aromatic carbocycles. The van der Waals surface area contributed by atoms with E-state index in [1.807, 2.05) is 19.4 Å². The fourth-order valence-corrected chi connectivity index (χ4v) is 9.25.